The number of nitrogens with zero attached hydrogens (tertiary/aromatic N) is 4. The summed E-state index contributed by atoms with van der Waals surface area (Å²) in [6.07, 6.45) is 5.19. The van der Waals surface area contributed by atoms with Crippen LogP contribution in [0.25, 0.3) is 10.9 Å². The van der Waals surface area contributed by atoms with Crippen LogP contribution in [0.2, 0.25) is 0 Å². The molecule has 0 aliphatic carbocycles. The first-order valence-electron chi connectivity index (χ1n) is 7.59. The smallest absolute Gasteiger partial charge is 0.331 e. The second-order valence-corrected chi connectivity index (χ2v) is 5.46. The van der Waals surface area contributed by atoms with Gasteiger partial charge < -0.3 is 15.0 Å². The summed E-state index contributed by atoms with van der Waals surface area (Å²) >= 11 is 0. The predicted molar refractivity (Wildman–Crippen MR) is 91.0 cm³/mol. The Hall–Kier alpha value is -2.87. The normalized spacial score (nSPS) is 11.2. The zero-order valence-electron chi connectivity index (χ0n) is 13.4. The number of benzene rings is 1. The first kappa shape index (κ1) is 16.0. The van der Waals surface area contributed by atoms with E-state index in [0.717, 1.165) is 0 Å². The maximum atomic E-state index is 12.8. The van der Waals surface area contributed by atoms with Crippen molar-refractivity contribution in [3.8, 4) is 0 Å². The van der Waals surface area contributed by atoms with Crippen molar-refractivity contribution in [1.29, 1.82) is 0 Å². The minimum atomic E-state index is -0.352. The molecular weight excluding hydrogens is 310 g/mol. The number of aromatic nitrogens is 4. The van der Waals surface area contributed by atoms with Gasteiger partial charge in [0, 0.05) is 38.3 Å². The number of aryl methyl sites for hydroxylation is 2. The maximum Gasteiger partial charge on any atom is 0.331 e. The first-order chi connectivity index (χ1) is 11.6. The Balaban J connectivity index is 2.14. The first-order valence-corrected chi connectivity index (χ1v) is 7.59. The molecule has 1 aromatic carbocycles. The zero-order valence-corrected chi connectivity index (χ0v) is 13.4. The van der Waals surface area contributed by atoms with Gasteiger partial charge in [-0.25, -0.2) is 9.78 Å². The van der Waals surface area contributed by atoms with Crippen LogP contribution in [-0.4, -0.2) is 32.4 Å². The van der Waals surface area contributed by atoms with Gasteiger partial charge >= 0.3 is 5.69 Å². The summed E-state index contributed by atoms with van der Waals surface area (Å²) in [5.74, 6) is 0. The fraction of sp³-hybridized carbons (Fsp3) is 0.312. The number of rotatable bonds is 6. The molecule has 2 N–H and O–H groups in total. The van der Waals surface area contributed by atoms with Gasteiger partial charge in [0.25, 0.3) is 5.56 Å². The third-order valence-corrected chi connectivity index (χ3v) is 3.91. The van der Waals surface area contributed by atoms with Crippen LogP contribution >= 0.6 is 0 Å². The van der Waals surface area contributed by atoms with E-state index in [-0.39, 0.29) is 24.4 Å². The Labute approximate surface area is 137 Å². The van der Waals surface area contributed by atoms with Gasteiger partial charge in [-0.3, -0.25) is 13.9 Å². The predicted octanol–water partition coefficient (Wildman–Crippen LogP) is 0.288. The van der Waals surface area contributed by atoms with Crippen molar-refractivity contribution in [1.82, 2.24) is 18.7 Å². The third kappa shape index (κ3) is 2.95. The molecule has 0 aliphatic rings. The Kier molecular flexibility index (Phi) is 4.48. The van der Waals surface area contributed by atoms with Crippen molar-refractivity contribution in [2.75, 3.05) is 19.5 Å². The fourth-order valence-electron chi connectivity index (χ4n) is 2.67. The molecule has 8 nitrogen and oxygen atoms in total. The quantitative estimate of drug-likeness (QED) is 0.656. The molecule has 0 saturated heterocycles. The van der Waals surface area contributed by atoms with Gasteiger partial charge in [0.05, 0.1) is 30.4 Å². The number of hydrogen-bond acceptors (Lipinski definition) is 5. The van der Waals surface area contributed by atoms with Gasteiger partial charge in [-0.1, -0.05) is 0 Å². The highest BCUT2D eigenvalue weighted by Gasteiger charge is 2.13. The van der Waals surface area contributed by atoms with Gasteiger partial charge in [0.2, 0.25) is 0 Å². The zero-order chi connectivity index (χ0) is 17.1. The Morgan fingerprint density at radius 2 is 2.00 bits per heavy atom. The highest BCUT2D eigenvalue weighted by Crippen LogP contribution is 2.13. The summed E-state index contributed by atoms with van der Waals surface area (Å²) in [5.41, 5.74) is 6.17. The number of ether oxygens (including phenoxy) is 1. The van der Waals surface area contributed by atoms with Crippen LogP contribution in [0.1, 0.15) is 0 Å². The molecule has 0 fully saturated rings. The lowest BCUT2D eigenvalue weighted by Crippen LogP contribution is -2.41. The molecule has 3 aromatic rings. The van der Waals surface area contributed by atoms with Gasteiger partial charge in [0.1, 0.15) is 0 Å². The molecule has 2 aromatic heterocycles. The minimum absolute atomic E-state index is 0.198. The maximum absolute atomic E-state index is 12.8. The lowest BCUT2D eigenvalue weighted by atomic mass is 10.2. The standard InChI is InChI=1S/C16H19N5O3/c1-24-9-8-21-15(22)13-10-12(17)2-3-14(13)20(16(21)23)7-6-19-5-4-18-11-19/h2-5,10-11H,6-9,17H2,1H3. The molecule has 3 rings (SSSR count). The molecule has 0 atom stereocenters. The summed E-state index contributed by atoms with van der Waals surface area (Å²) in [6, 6.07) is 5.00. The second kappa shape index (κ2) is 6.71. The van der Waals surface area contributed by atoms with Crippen LogP contribution in [0, 0.1) is 0 Å². The summed E-state index contributed by atoms with van der Waals surface area (Å²) in [6.45, 7) is 1.47. The van der Waals surface area contributed by atoms with Crippen molar-refractivity contribution >= 4 is 16.6 Å². The Morgan fingerprint density at radius 1 is 1.17 bits per heavy atom. The number of hydrogen-bond donors (Lipinski definition) is 1. The van der Waals surface area contributed by atoms with Crippen LogP contribution in [0.5, 0.6) is 0 Å². The van der Waals surface area contributed by atoms with Crippen LogP contribution < -0.4 is 17.0 Å². The van der Waals surface area contributed by atoms with Gasteiger partial charge in [-0.05, 0) is 18.2 Å². The lowest BCUT2D eigenvalue weighted by molar-refractivity contribution is 0.184. The molecule has 24 heavy (non-hydrogen) atoms. The summed E-state index contributed by atoms with van der Waals surface area (Å²) in [5, 5.41) is 0.427. The molecule has 0 amide bonds. The van der Waals surface area contributed by atoms with E-state index in [1.165, 1.54) is 11.7 Å². The summed E-state index contributed by atoms with van der Waals surface area (Å²) in [7, 11) is 1.53. The van der Waals surface area contributed by atoms with E-state index in [4.69, 9.17) is 10.5 Å². The topological polar surface area (TPSA) is 97.1 Å². The number of nitrogens with two attached hydrogens (primary N) is 1. The van der Waals surface area contributed by atoms with Crippen LogP contribution in [0.15, 0.2) is 46.5 Å². The van der Waals surface area contributed by atoms with E-state index in [1.807, 2.05) is 10.8 Å². The molecule has 2 heterocycles. The van der Waals surface area contributed by atoms with E-state index in [0.29, 0.717) is 29.7 Å². The van der Waals surface area contributed by atoms with Crippen LogP contribution in [0.3, 0.4) is 0 Å². The summed E-state index contributed by atoms with van der Waals surface area (Å²) in [4.78, 5) is 29.4. The highest BCUT2D eigenvalue weighted by molar-refractivity contribution is 5.81. The van der Waals surface area contributed by atoms with Crippen molar-refractivity contribution in [3.05, 3.63) is 57.8 Å². The monoisotopic (exact) mass is 329 g/mol. The van der Waals surface area contributed by atoms with Crippen molar-refractivity contribution in [2.24, 2.45) is 0 Å². The van der Waals surface area contributed by atoms with Gasteiger partial charge in [-0.2, -0.15) is 0 Å². The average molecular weight is 329 g/mol. The third-order valence-electron chi connectivity index (χ3n) is 3.91. The highest BCUT2D eigenvalue weighted by atomic mass is 16.5. The summed E-state index contributed by atoms with van der Waals surface area (Å²) < 4.78 is 9.66. The molecule has 126 valence electrons. The second-order valence-electron chi connectivity index (χ2n) is 5.46. The van der Waals surface area contributed by atoms with Crippen LogP contribution in [0.4, 0.5) is 5.69 Å². The van der Waals surface area contributed by atoms with Gasteiger partial charge in [-0.15, -0.1) is 0 Å². The molecule has 8 heteroatoms. The average Bonchev–Trinajstić information content (AvgIpc) is 3.08. The Morgan fingerprint density at radius 3 is 2.71 bits per heavy atom. The Bertz CT molecular complexity index is 956. The van der Waals surface area contributed by atoms with Crippen molar-refractivity contribution < 1.29 is 4.74 Å². The number of imidazole rings is 1. The molecule has 0 radical (unpaired) electrons. The number of anilines is 1. The van der Waals surface area contributed by atoms with E-state index in [2.05, 4.69) is 4.98 Å². The van der Waals surface area contributed by atoms with Crippen molar-refractivity contribution in [2.45, 2.75) is 19.6 Å². The van der Waals surface area contributed by atoms with E-state index in [1.54, 1.807) is 35.3 Å². The number of methoxy groups -OCH3 is 1. The number of nitrogen functional groups attached to an aromatic ring is 1. The molecule has 0 aliphatic heterocycles. The molecule has 0 spiro atoms. The number of fused-ring (bicyclic) bond motifs is 1. The SMILES string of the molecule is COCCn1c(=O)c2cc(N)ccc2n(CCn2ccnc2)c1=O. The van der Waals surface area contributed by atoms with Crippen molar-refractivity contribution in [3.63, 3.8) is 0 Å². The molecule has 0 unspecified atom stereocenters. The van der Waals surface area contributed by atoms with Crippen LogP contribution in [-0.2, 0) is 24.4 Å². The lowest BCUT2D eigenvalue weighted by Gasteiger charge is -2.14. The molecular formula is C16H19N5O3. The molecule has 0 bridgehead atoms. The van der Waals surface area contributed by atoms with E-state index < -0.39 is 0 Å². The molecule has 0 saturated carbocycles. The largest absolute Gasteiger partial charge is 0.399 e. The van der Waals surface area contributed by atoms with E-state index in [9.17, 15) is 9.59 Å². The fourth-order valence-corrected chi connectivity index (χ4v) is 2.67. The van der Waals surface area contributed by atoms with Gasteiger partial charge in [0.15, 0.2) is 0 Å². The van der Waals surface area contributed by atoms with E-state index >= 15 is 0 Å². The minimum Gasteiger partial charge on any atom is -0.399 e.